The van der Waals surface area contributed by atoms with Crippen molar-refractivity contribution in [3.8, 4) is 0 Å². The van der Waals surface area contributed by atoms with Gasteiger partial charge in [0.05, 0.1) is 0 Å². The Bertz CT molecular complexity index is 1100. The van der Waals surface area contributed by atoms with Crippen LogP contribution < -0.4 is 0 Å². The monoisotopic (exact) mass is 442 g/mol. The lowest BCUT2D eigenvalue weighted by atomic mass is 9.80. The molecule has 33 heavy (non-hydrogen) atoms. The second-order valence-electron chi connectivity index (χ2n) is 10.2. The molecule has 5 heteroatoms. The molecule has 0 spiro atoms. The predicted octanol–water partition coefficient (Wildman–Crippen LogP) is 4.19. The number of piperidine rings is 1. The molecule has 2 aliphatic heterocycles. The van der Waals surface area contributed by atoms with Crippen molar-refractivity contribution >= 4 is 16.8 Å². The van der Waals surface area contributed by atoms with Gasteiger partial charge in [0.2, 0.25) is 0 Å². The Balaban J connectivity index is 1.18. The van der Waals surface area contributed by atoms with Crippen molar-refractivity contribution in [2.45, 2.75) is 31.2 Å². The second-order valence-corrected chi connectivity index (χ2v) is 10.2. The number of carbonyl (C=O) groups excluding carboxylic acids is 1. The van der Waals surface area contributed by atoms with Gasteiger partial charge in [0.15, 0.2) is 0 Å². The molecule has 1 aromatic heterocycles. The van der Waals surface area contributed by atoms with Crippen molar-refractivity contribution < 1.29 is 4.79 Å². The minimum atomic E-state index is 0.168. The quantitative estimate of drug-likeness (QED) is 0.644. The Kier molecular flexibility index (Phi) is 5.68. The number of hydrogen-bond donors (Lipinski definition) is 1. The van der Waals surface area contributed by atoms with E-state index in [9.17, 15) is 4.79 Å². The fourth-order valence-corrected chi connectivity index (χ4v) is 5.99. The van der Waals surface area contributed by atoms with Crippen molar-refractivity contribution in [2.24, 2.45) is 5.92 Å². The van der Waals surface area contributed by atoms with E-state index in [2.05, 4.69) is 50.0 Å². The molecule has 3 fully saturated rings. The number of piperazine rings is 1. The first-order chi connectivity index (χ1) is 16.2. The Hall–Kier alpha value is -2.63. The molecule has 1 saturated carbocycles. The largest absolute Gasteiger partial charge is 0.361 e. The van der Waals surface area contributed by atoms with Crippen LogP contribution in [0.1, 0.15) is 41.1 Å². The van der Waals surface area contributed by atoms with E-state index in [1.54, 1.807) is 0 Å². The van der Waals surface area contributed by atoms with Crippen LogP contribution >= 0.6 is 0 Å². The van der Waals surface area contributed by atoms with Crippen LogP contribution in [0.15, 0.2) is 60.8 Å². The van der Waals surface area contributed by atoms with Gasteiger partial charge in [-0.1, -0.05) is 36.4 Å². The highest BCUT2D eigenvalue weighted by Gasteiger charge is 2.36. The molecule has 0 radical (unpaired) electrons. The Labute approximate surface area is 196 Å². The molecule has 6 rings (SSSR count). The fraction of sp³-hybridized carbons (Fsp3) is 0.464. The Morgan fingerprint density at radius 2 is 1.73 bits per heavy atom. The minimum absolute atomic E-state index is 0.168. The molecule has 172 valence electrons. The summed E-state index contributed by atoms with van der Waals surface area (Å²) in [5.74, 6) is 1.15. The van der Waals surface area contributed by atoms with Gasteiger partial charge in [0, 0.05) is 69.1 Å². The Morgan fingerprint density at radius 3 is 2.52 bits per heavy atom. The number of hydrogen-bond acceptors (Lipinski definition) is 3. The molecule has 3 heterocycles. The summed E-state index contributed by atoms with van der Waals surface area (Å²) >= 11 is 0. The topological polar surface area (TPSA) is 42.6 Å². The van der Waals surface area contributed by atoms with Gasteiger partial charge < -0.3 is 14.8 Å². The number of aromatic amines is 1. The molecule has 1 aliphatic carbocycles. The van der Waals surface area contributed by atoms with E-state index in [0.29, 0.717) is 11.8 Å². The maximum atomic E-state index is 13.5. The molecule has 3 aromatic rings. The summed E-state index contributed by atoms with van der Waals surface area (Å²) in [7, 11) is 0. The summed E-state index contributed by atoms with van der Waals surface area (Å²) in [6, 6.07) is 19.9. The normalized spacial score (nSPS) is 24.9. The lowest BCUT2D eigenvalue weighted by molar-refractivity contribution is 0.0544. The highest BCUT2D eigenvalue weighted by atomic mass is 16.2. The van der Waals surface area contributed by atoms with Crippen LogP contribution in [0.3, 0.4) is 0 Å². The van der Waals surface area contributed by atoms with Crippen molar-refractivity contribution in [1.29, 1.82) is 0 Å². The predicted molar refractivity (Wildman–Crippen MR) is 133 cm³/mol. The van der Waals surface area contributed by atoms with E-state index in [0.717, 1.165) is 61.7 Å². The first-order valence-electron chi connectivity index (χ1n) is 12.6. The maximum absolute atomic E-state index is 13.5. The number of benzene rings is 2. The van der Waals surface area contributed by atoms with Crippen molar-refractivity contribution in [1.82, 2.24) is 19.7 Å². The van der Waals surface area contributed by atoms with Crippen LogP contribution in [0.5, 0.6) is 0 Å². The number of H-pyrrole nitrogens is 1. The molecule has 0 bridgehead atoms. The number of carbonyl (C=O) groups is 1. The van der Waals surface area contributed by atoms with Crippen molar-refractivity contribution in [2.75, 3.05) is 45.8 Å². The summed E-state index contributed by atoms with van der Waals surface area (Å²) in [6.07, 6.45) is 5.75. The lowest BCUT2D eigenvalue weighted by Crippen LogP contribution is -2.52. The summed E-state index contributed by atoms with van der Waals surface area (Å²) in [6.45, 7) is 7.46. The van der Waals surface area contributed by atoms with E-state index in [1.165, 1.54) is 31.5 Å². The van der Waals surface area contributed by atoms with E-state index in [-0.39, 0.29) is 5.91 Å². The van der Waals surface area contributed by atoms with Crippen LogP contribution in [0.25, 0.3) is 10.9 Å². The molecule has 1 N–H and O–H groups in total. The Morgan fingerprint density at radius 1 is 0.909 bits per heavy atom. The average Bonchev–Trinajstić information content (AvgIpc) is 3.61. The van der Waals surface area contributed by atoms with Crippen LogP contribution in [-0.4, -0.2) is 77.4 Å². The molecular weight excluding hydrogens is 408 g/mol. The lowest BCUT2D eigenvalue weighted by Gasteiger charge is -2.43. The maximum Gasteiger partial charge on any atom is 0.253 e. The second kappa shape index (κ2) is 8.96. The standard InChI is InChI=1S/C28H34N4O/c33-28(23-7-6-22-10-12-29-27(22)18-23)32-13-11-26(21-4-2-1-3-5-21)24(20-32)19-30-14-16-31(17-15-30)25-8-9-25/h1-7,10,12,18,24-26,29H,8-9,11,13-17,19-20H2. The van der Waals surface area contributed by atoms with Gasteiger partial charge in [-0.3, -0.25) is 9.69 Å². The third-order valence-corrected chi connectivity index (χ3v) is 8.01. The highest BCUT2D eigenvalue weighted by Crippen LogP contribution is 2.35. The molecular formula is C28H34N4O. The van der Waals surface area contributed by atoms with Crippen molar-refractivity contribution in [3.63, 3.8) is 0 Å². The van der Waals surface area contributed by atoms with Gasteiger partial charge in [-0.2, -0.15) is 0 Å². The van der Waals surface area contributed by atoms with Crippen molar-refractivity contribution in [3.05, 3.63) is 71.9 Å². The summed E-state index contributed by atoms with van der Waals surface area (Å²) in [4.78, 5) is 24.1. The van der Waals surface area contributed by atoms with E-state index < -0.39 is 0 Å². The van der Waals surface area contributed by atoms with Gasteiger partial charge in [-0.25, -0.2) is 0 Å². The van der Waals surface area contributed by atoms with Gasteiger partial charge >= 0.3 is 0 Å². The first-order valence-corrected chi connectivity index (χ1v) is 12.6. The molecule has 2 saturated heterocycles. The average molecular weight is 443 g/mol. The zero-order valence-corrected chi connectivity index (χ0v) is 19.3. The number of likely N-dealkylation sites (tertiary alicyclic amines) is 1. The molecule has 2 unspecified atom stereocenters. The highest BCUT2D eigenvalue weighted by molar-refractivity contribution is 5.98. The fourth-order valence-electron chi connectivity index (χ4n) is 5.99. The van der Waals surface area contributed by atoms with E-state index in [1.807, 2.05) is 30.5 Å². The molecule has 3 aliphatic rings. The smallest absolute Gasteiger partial charge is 0.253 e. The van der Waals surface area contributed by atoms with Gasteiger partial charge in [-0.15, -0.1) is 0 Å². The minimum Gasteiger partial charge on any atom is -0.361 e. The number of aromatic nitrogens is 1. The van der Waals surface area contributed by atoms with Gasteiger partial charge in [0.1, 0.15) is 0 Å². The number of fused-ring (bicyclic) bond motifs is 1. The van der Waals surface area contributed by atoms with Crippen LogP contribution in [0.2, 0.25) is 0 Å². The van der Waals surface area contributed by atoms with Gasteiger partial charge in [-0.05, 0) is 60.2 Å². The van der Waals surface area contributed by atoms with Crippen LogP contribution in [0, 0.1) is 5.92 Å². The molecule has 2 aromatic carbocycles. The molecule has 5 nitrogen and oxygen atoms in total. The summed E-state index contributed by atoms with van der Waals surface area (Å²) < 4.78 is 0. The number of rotatable bonds is 5. The SMILES string of the molecule is O=C(c1ccc2cc[nH]c2c1)N1CCC(c2ccccc2)C(CN2CCN(C3CC3)CC2)C1. The van der Waals surface area contributed by atoms with E-state index in [4.69, 9.17) is 0 Å². The van der Waals surface area contributed by atoms with E-state index >= 15 is 0 Å². The zero-order chi connectivity index (χ0) is 22.2. The van der Waals surface area contributed by atoms with Crippen LogP contribution in [0.4, 0.5) is 0 Å². The first kappa shape index (κ1) is 20.9. The zero-order valence-electron chi connectivity index (χ0n) is 19.3. The number of nitrogens with zero attached hydrogens (tertiary/aromatic N) is 3. The number of nitrogens with one attached hydrogen (secondary N) is 1. The third kappa shape index (κ3) is 4.44. The molecule has 2 atom stereocenters. The summed E-state index contributed by atoms with van der Waals surface area (Å²) in [5.41, 5.74) is 3.25. The molecule has 1 amide bonds. The number of amides is 1. The van der Waals surface area contributed by atoms with Gasteiger partial charge in [0.25, 0.3) is 5.91 Å². The van der Waals surface area contributed by atoms with Crippen LogP contribution in [-0.2, 0) is 0 Å². The summed E-state index contributed by atoms with van der Waals surface area (Å²) in [5, 5.41) is 1.15. The third-order valence-electron chi connectivity index (χ3n) is 8.01.